The summed E-state index contributed by atoms with van der Waals surface area (Å²) >= 11 is 0. The molecule has 1 saturated carbocycles. The van der Waals surface area contributed by atoms with E-state index in [2.05, 4.69) is 5.32 Å². The van der Waals surface area contributed by atoms with Gasteiger partial charge in [0.15, 0.2) is 0 Å². The molecule has 0 aromatic heterocycles. The summed E-state index contributed by atoms with van der Waals surface area (Å²) < 4.78 is 14.3. The van der Waals surface area contributed by atoms with Crippen molar-refractivity contribution in [1.29, 1.82) is 0 Å². The van der Waals surface area contributed by atoms with Crippen LogP contribution in [0, 0.1) is 24.6 Å². The predicted molar refractivity (Wildman–Crippen MR) is 102 cm³/mol. The largest absolute Gasteiger partial charge is 0.349 e. The number of halogens is 1. The molecule has 2 aromatic carbocycles. The van der Waals surface area contributed by atoms with E-state index in [9.17, 15) is 14.0 Å². The average molecular weight is 366 g/mol. The van der Waals surface area contributed by atoms with Gasteiger partial charge in [-0.1, -0.05) is 36.4 Å². The number of anilines is 1. The molecule has 2 aliphatic rings. The smallest absolute Gasteiger partial charge is 0.227 e. The molecule has 2 aromatic rings. The maximum Gasteiger partial charge on any atom is 0.227 e. The lowest BCUT2D eigenvalue weighted by Crippen LogP contribution is -2.36. The van der Waals surface area contributed by atoms with Crippen molar-refractivity contribution in [3.05, 3.63) is 65.5 Å². The minimum absolute atomic E-state index is 0.0148. The van der Waals surface area contributed by atoms with Gasteiger partial charge in [0.05, 0.1) is 17.6 Å². The fraction of sp³-hybridized carbons (Fsp3) is 0.364. The third kappa shape index (κ3) is 3.72. The van der Waals surface area contributed by atoms with Crippen LogP contribution in [0.3, 0.4) is 0 Å². The van der Waals surface area contributed by atoms with Crippen LogP contribution in [-0.4, -0.2) is 18.4 Å². The third-order valence-corrected chi connectivity index (χ3v) is 5.44. The quantitative estimate of drug-likeness (QED) is 0.876. The van der Waals surface area contributed by atoms with E-state index < -0.39 is 11.7 Å². The van der Waals surface area contributed by atoms with Gasteiger partial charge in [-0.2, -0.15) is 0 Å². The van der Waals surface area contributed by atoms with Crippen LogP contribution in [0.15, 0.2) is 48.5 Å². The molecule has 0 spiro atoms. The van der Waals surface area contributed by atoms with Crippen LogP contribution in [0.25, 0.3) is 0 Å². The summed E-state index contributed by atoms with van der Waals surface area (Å²) in [5.41, 5.74) is 2.15. The van der Waals surface area contributed by atoms with E-state index in [-0.39, 0.29) is 36.5 Å². The normalized spacial score (nSPS) is 20.6. The summed E-state index contributed by atoms with van der Waals surface area (Å²) in [6, 6.07) is 14.7. The van der Waals surface area contributed by atoms with Gasteiger partial charge in [0, 0.05) is 13.0 Å². The van der Waals surface area contributed by atoms with Crippen LogP contribution < -0.4 is 10.2 Å². The zero-order chi connectivity index (χ0) is 19.0. The number of hydrogen-bond donors (Lipinski definition) is 1. The van der Waals surface area contributed by atoms with E-state index in [1.165, 1.54) is 11.0 Å². The SMILES string of the molecule is Cc1ccc(N2CC(C(=O)NC(c3ccccc3)C3CC3)CC2=O)c(F)c1. The topological polar surface area (TPSA) is 49.4 Å². The summed E-state index contributed by atoms with van der Waals surface area (Å²) in [4.78, 5) is 26.6. The fourth-order valence-corrected chi connectivity index (χ4v) is 3.78. The van der Waals surface area contributed by atoms with Crippen molar-refractivity contribution in [1.82, 2.24) is 5.32 Å². The first-order valence-electron chi connectivity index (χ1n) is 9.45. The number of nitrogens with zero attached hydrogens (tertiary/aromatic N) is 1. The number of benzene rings is 2. The van der Waals surface area contributed by atoms with E-state index in [0.717, 1.165) is 24.0 Å². The Hall–Kier alpha value is -2.69. The Morgan fingerprint density at radius 1 is 1.19 bits per heavy atom. The second-order valence-corrected chi connectivity index (χ2v) is 7.59. The molecule has 0 bridgehead atoms. The highest BCUT2D eigenvalue weighted by Gasteiger charge is 2.39. The standard InChI is InChI=1S/C22H23FN2O2/c1-14-7-10-19(18(23)11-14)25-13-17(12-20(25)26)22(27)24-21(16-8-9-16)15-5-3-2-4-6-15/h2-7,10-11,16-17,21H,8-9,12-13H2,1H3,(H,24,27). The van der Waals surface area contributed by atoms with E-state index >= 15 is 0 Å². The van der Waals surface area contributed by atoms with Crippen molar-refractivity contribution in [3.8, 4) is 0 Å². The van der Waals surface area contributed by atoms with Gasteiger partial charge in [-0.05, 0) is 48.9 Å². The lowest BCUT2D eigenvalue weighted by Gasteiger charge is -2.21. The number of hydrogen-bond acceptors (Lipinski definition) is 2. The zero-order valence-electron chi connectivity index (χ0n) is 15.3. The van der Waals surface area contributed by atoms with Crippen molar-refractivity contribution in [2.45, 2.75) is 32.2 Å². The van der Waals surface area contributed by atoms with E-state index in [4.69, 9.17) is 0 Å². The molecule has 4 nitrogen and oxygen atoms in total. The summed E-state index contributed by atoms with van der Waals surface area (Å²) in [5, 5.41) is 3.14. The minimum Gasteiger partial charge on any atom is -0.349 e. The van der Waals surface area contributed by atoms with E-state index in [1.54, 1.807) is 19.1 Å². The second kappa shape index (κ2) is 7.14. The van der Waals surface area contributed by atoms with Crippen LogP contribution in [0.5, 0.6) is 0 Å². The van der Waals surface area contributed by atoms with Crippen LogP contribution in [0.4, 0.5) is 10.1 Å². The van der Waals surface area contributed by atoms with Gasteiger partial charge in [0.1, 0.15) is 5.82 Å². The van der Waals surface area contributed by atoms with Crippen molar-refractivity contribution in [2.75, 3.05) is 11.4 Å². The number of amides is 2. The van der Waals surface area contributed by atoms with Gasteiger partial charge in [-0.25, -0.2) is 4.39 Å². The summed E-state index contributed by atoms with van der Waals surface area (Å²) in [6.07, 6.45) is 2.32. The minimum atomic E-state index is -0.455. The van der Waals surface area contributed by atoms with Gasteiger partial charge in [-0.15, -0.1) is 0 Å². The van der Waals surface area contributed by atoms with Gasteiger partial charge < -0.3 is 10.2 Å². The lowest BCUT2D eigenvalue weighted by molar-refractivity contribution is -0.127. The Kier molecular flexibility index (Phi) is 4.68. The van der Waals surface area contributed by atoms with Crippen molar-refractivity contribution < 1.29 is 14.0 Å². The van der Waals surface area contributed by atoms with Gasteiger partial charge in [0.2, 0.25) is 11.8 Å². The number of carbonyl (C=O) groups excluding carboxylic acids is 2. The number of rotatable bonds is 5. The van der Waals surface area contributed by atoms with E-state index in [0.29, 0.717) is 5.92 Å². The Bertz CT molecular complexity index is 864. The molecule has 2 unspecified atom stereocenters. The molecule has 1 aliphatic heterocycles. The molecule has 1 saturated heterocycles. The highest BCUT2D eigenvalue weighted by molar-refractivity contribution is 6.00. The fourth-order valence-electron chi connectivity index (χ4n) is 3.78. The molecule has 1 aliphatic carbocycles. The highest BCUT2D eigenvalue weighted by Crippen LogP contribution is 2.41. The Balaban J connectivity index is 1.47. The maximum absolute atomic E-state index is 14.3. The van der Waals surface area contributed by atoms with E-state index in [1.807, 2.05) is 30.3 Å². The van der Waals surface area contributed by atoms with Crippen LogP contribution in [-0.2, 0) is 9.59 Å². The molecule has 0 radical (unpaired) electrons. The van der Waals surface area contributed by atoms with Gasteiger partial charge in [0.25, 0.3) is 0 Å². The monoisotopic (exact) mass is 366 g/mol. The molecule has 1 N–H and O–H groups in total. The first-order chi connectivity index (χ1) is 13.0. The molecule has 1 heterocycles. The Morgan fingerprint density at radius 3 is 2.59 bits per heavy atom. The van der Waals surface area contributed by atoms with Crippen LogP contribution in [0.2, 0.25) is 0 Å². The Morgan fingerprint density at radius 2 is 1.93 bits per heavy atom. The maximum atomic E-state index is 14.3. The molecular formula is C22H23FN2O2. The molecule has 27 heavy (non-hydrogen) atoms. The molecule has 4 rings (SSSR count). The molecular weight excluding hydrogens is 343 g/mol. The van der Waals surface area contributed by atoms with Gasteiger partial charge >= 0.3 is 0 Å². The molecule has 2 amide bonds. The van der Waals surface area contributed by atoms with Gasteiger partial charge in [-0.3, -0.25) is 9.59 Å². The molecule has 5 heteroatoms. The lowest BCUT2D eigenvalue weighted by atomic mass is 10.0. The average Bonchev–Trinajstić information content (AvgIpc) is 3.42. The first kappa shape index (κ1) is 17.7. The molecule has 2 fully saturated rings. The summed E-state index contributed by atoms with van der Waals surface area (Å²) in [6.45, 7) is 2.02. The Labute approximate surface area is 158 Å². The van der Waals surface area contributed by atoms with Crippen LogP contribution in [0.1, 0.15) is 36.4 Å². The number of aryl methyl sites for hydroxylation is 1. The number of carbonyl (C=O) groups is 2. The molecule has 2 atom stereocenters. The predicted octanol–water partition coefficient (Wildman–Crippen LogP) is 3.75. The van der Waals surface area contributed by atoms with Crippen molar-refractivity contribution in [3.63, 3.8) is 0 Å². The van der Waals surface area contributed by atoms with Crippen LogP contribution >= 0.6 is 0 Å². The zero-order valence-corrected chi connectivity index (χ0v) is 15.3. The summed E-state index contributed by atoms with van der Waals surface area (Å²) in [7, 11) is 0. The first-order valence-corrected chi connectivity index (χ1v) is 9.45. The molecule has 140 valence electrons. The summed E-state index contributed by atoms with van der Waals surface area (Å²) in [5.74, 6) is -0.758. The number of nitrogens with one attached hydrogen (secondary N) is 1. The van der Waals surface area contributed by atoms with Crippen molar-refractivity contribution in [2.24, 2.45) is 11.8 Å². The third-order valence-electron chi connectivity index (χ3n) is 5.44. The highest BCUT2D eigenvalue weighted by atomic mass is 19.1. The second-order valence-electron chi connectivity index (χ2n) is 7.59. The van der Waals surface area contributed by atoms with Crippen molar-refractivity contribution >= 4 is 17.5 Å².